The average Bonchev–Trinajstić information content (AvgIpc) is 2.65. The normalized spacial score (nSPS) is 14.7. The fraction of sp³-hybridized carbons (Fsp3) is 0.400. The van der Waals surface area contributed by atoms with Gasteiger partial charge < -0.3 is 20.3 Å². The molecule has 0 spiro atoms. The maximum Gasteiger partial charge on any atom is 0.161 e. The number of aliphatic hydroxyl groups excluding tert-OH is 1. The van der Waals surface area contributed by atoms with Crippen molar-refractivity contribution in [2.45, 2.75) is 39.0 Å². The van der Waals surface area contributed by atoms with E-state index in [4.69, 9.17) is 15.2 Å². The largest absolute Gasteiger partial charge is 0.493 e. The summed E-state index contributed by atoms with van der Waals surface area (Å²) in [6, 6.07) is 15.1. The zero-order valence-corrected chi connectivity index (χ0v) is 14.6. The van der Waals surface area contributed by atoms with Crippen LogP contribution in [0.1, 0.15) is 37.4 Å². The average molecular weight is 329 g/mol. The van der Waals surface area contributed by atoms with Crippen LogP contribution in [0.5, 0.6) is 11.5 Å². The summed E-state index contributed by atoms with van der Waals surface area (Å²) in [7, 11) is 1.61. The van der Waals surface area contributed by atoms with Crippen molar-refractivity contribution in [3.05, 3.63) is 59.7 Å². The molecule has 1 unspecified atom stereocenters. The molecule has 24 heavy (non-hydrogen) atoms. The Kier molecular flexibility index (Phi) is 6.64. The van der Waals surface area contributed by atoms with Gasteiger partial charge in [-0.25, -0.2) is 0 Å². The number of rotatable bonds is 8. The van der Waals surface area contributed by atoms with Crippen molar-refractivity contribution >= 4 is 0 Å². The van der Waals surface area contributed by atoms with Gasteiger partial charge in [0.25, 0.3) is 0 Å². The van der Waals surface area contributed by atoms with E-state index in [1.54, 1.807) is 7.11 Å². The Morgan fingerprint density at radius 3 is 2.42 bits per heavy atom. The molecule has 0 bridgehead atoms. The molecule has 0 amide bonds. The van der Waals surface area contributed by atoms with E-state index in [1.165, 1.54) is 0 Å². The Morgan fingerprint density at radius 2 is 1.79 bits per heavy atom. The summed E-state index contributed by atoms with van der Waals surface area (Å²) < 4.78 is 11.3. The monoisotopic (exact) mass is 329 g/mol. The summed E-state index contributed by atoms with van der Waals surface area (Å²) in [6.07, 6.45) is 0.285. The van der Waals surface area contributed by atoms with Crippen LogP contribution < -0.4 is 15.2 Å². The van der Waals surface area contributed by atoms with Gasteiger partial charge in [0.05, 0.1) is 19.3 Å². The van der Waals surface area contributed by atoms with Crippen molar-refractivity contribution < 1.29 is 14.6 Å². The molecule has 0 aliphatic heterocycles. The van der Waals surface area contributed by atoms with Crippen LogP contribution in [-0.4, -0.2) is 18.3 Å². The van der Waals surface area contributed by atoms with Crippen LogP contribution in [0.2, 0.25) is 0 Å². The van der Waals surface area contributed by atoms with Gasteiger partial charge in [-0.15, -0.1) is 0 Å². The third kappa shape index (κ3) is 4.49. The topological polar surface area (TPSA) is 64.7 Å². The van der Waals surface area contributed by atoms with E-state index in [0.717, 1.165) is 17.5 Å². The SMILES string of the molecule is CCC(C)[C@H](O)[C@H](N)c1ccc(OC)c(OCc2ccccc2)c1. The van der Waals surface area contributed by atoms with Crippen molar-refractivity contribution in [3.8, 4) is 11.5 Å². The van der Waals surface area contributed by atoms with Crippen LogP contribution in [0.25, 0.3) is 0 Å². The summed E-state index contributed by atoms with van der Waals surface area (Å²) in [5, 5.41) is 10.4. The Morgan fingerprint density at radius 1 is 1.08 bits per heavy atom. The zero-order chi connectivity index (χ0) is 17.5. The van der Waals surface area contributed by atoms with Crippen molar-refractivity contribution in [1.82, 2.24) is 0 Å². The van der Waals surface area contributed by atoms with Gasteiger partial charge in [0, 0.05) is 0 Å². The van der Waals surface area contributed by atoms with E-state index in [1.807, 2.05) is 62.4 Å². The van der Waals surface area contributed by atoms with Crippen LogP contribution in [0, 0.1) is 5.92 Å². The van der Waals surface area contributed by atoms with E-state index in [9.17, 15) is 5.11 Å². The standard InChI is InChI=1S/C20H27NO3/c1-4-14(2)20(22)19(21)16-10-11-17(23-3)18(12-16)24-13-15-8-6-5-7-9-15/h5-12,14,19-20,22H,4,13,21H2,1-3H3/t14?,19-,20+/m1/s1. The molecule has 0 fully saturated rings. The quantitative estimate of drug-likeness (QED) is 0.775. The van der Waals surface area contributed by atoms with Crippen LogP contribution in [-0.2, 0) is 6.61 Å². The molecule has 0 heterocycles. The Labute approximate surface area is 144 Å². The smallest absolute Gasteiger partial charge is 0.161 e. The van der Waals surface area contributed by atoms with Crippen LogP contribution in [0.3, 0.4) is 0 Å². The van der Waals surface area contributed by atoms with Gasteiger partial charge in [-0.2, -0.15) is 0 Å². The Hall–Kier alpha value is -2.04. The number of methoxy groups -OCH3 is 1. The molecule has 0 aliphatic carbocycles. The first-order valence-corrected chi connectivity index (χ1v) is 8.35. The molecular weight excluding hydrogens is 302 g/mol. The lowest BCUT2D eigenvalue weighted by Crippen LogP contribution is -2.31. The zero-order valence-electron chi connectivity index (χ0n) is 14.6. The molecule has 3 atom stereocenters. The van der Waals surface area contributed by atoms with E-state index >= 15 is 0 Å². The molecule has 0 saturated heterocycles. The maximum atomic E-state index is 10.4. The summed E-state index contributed by atoms with van der Waals surface area (Å²) in [6.45, 7) is 4.49. The number of ether oxygens (including phenoxy) is 2. The molecule has 0 radical (unpaired) electrons. The second-order valence-corrected chi connectivity index (χ2v) is 6.09. The van der Waals surface area contributed by atoms with Gasteiger partial charge in [-0.05, 0) is 29.2 Å². The molecule has 3 N–H and O–H groups in total. The number of nitrogens with two attached hydrogens (primary N) is 1. The van der Waals surface area contributed by atoms with Gasteiger partial charge >= 0.3 is 0 Å². The van der Waals surface area contributed by atoms with Crippen LogP contribution in [0.4, 0.5) is 0 Å². The molecule has 4 heteroatoms. The van der Waals surface area contributed by atoms with Crippen molar-refractivity contribution in [3.63, 3.8) is 0 Å². The maximum absolute atomic E-state index is 10.4. The van der Waals surface area contributed by atoms with Crippen LogP contribution in [0.15, 0.2) is 48.5 Å². The predicted molar refractivity (Wildman–Crippen MR) is 96.2 cm³/mol. The lowest BCUT2D eigenvalue weighted by Gasteiger charge is -2.25. The second-order valence-electron chi connectivity index (χ2n) is 6.09. The van der Waals surface area contributed by atoms with Crippen molar-refractivity contribution in [1.29, 1.82) is 0 Å². The number of benzene rings is 2. The van der Waals surface area contributed by atoms with E-state index in [-0.39, 0.29) is 5.92 Å². The highest BCUT2D eigenvalue weighted by molar-refractivity contribution is 5.44. The van der Waals surface area contributed by atoms with Crippen LogP contribution >= 0.6 is 0 Å². The highest BCUT2D eigenvalue weighted by Crippen LogP contribution is 2.32. The summed E-state index contributed by atoms with van der Waals surface area (Å²) >= 11 is 0. The van der Waals surface area contributed by atoms with Crippen molar-refractivity contribution in [2.24, 2.45) is 11.7 Å². The Balaban J connectivity index is 2.17. The first kappa shape index (κ1) is 18.3. The Bertz CT molecular complexity index is 630. The minimum atomic E-state index is -0.592. The highest BCUT2D eigenvalue weighted by atomic mass is 16.5. The van der Waals surface area contributed by atoms with E-state index in [0.29, 0.717) is 18.1 Å². The molecule has 0 aliphatic rings. The highest BCUT2D eigenvalue weighted by Gasteiger charge is 2.23. The molecule has 2 aromatic rings. The first-order valence-electron chi connectivity index (χ1n) is 8.35. The molecule has 2 rings (SSSR count). The number of hydrogen-bond donors (Lipinski definition) is 2. The number of hydrogen-bond acceptors (Lipinski definition) is 4. The van der Waals surface area contributed by atoms with E-state index < -0.39 is 12.1 Å². The summed E-state index contributed by atoms with van der Waals surface area (Å²) in [5.41, 5.74) is 8.15. The number of aliphatic hydroxyl groups is 1. The predicted octanol–water partition coefficient (Wildman–Crippen LogP) is 3.68. The molecule has 4 nitrogen and oxygen atoms in total. The fourth-order valence-corrected chi connectivity index (χ4v) is 2.54. The van der Waals surface area contributed by atoms with Gasteiger partial charge in [0.1, 0.15) is 6.61 Å². The van der Waals surface area contributed by atoms with E-state index in [2.05, 4.69) is 0 Å². The summed E-state index contributed by atoms with van der Waals surface area (Å²) in [5.74, 6) is 1.42. The third-order valence-electron chi connectivity index (χ3n) is 4.40. The van der Waals surface area contributed by atoms with Gasteiger partial charge in [-0.3, -0.25) is 0 Å². The fourth-order valence-electron chi connectivity index (χ4n) is 2.54. The molecule has 0 aromatic heterocycles. The molecule has 130 valence electrons. The minimum absolute atomic E-state index is 0.135. The van der Waals surface area contributed by atoms with Gasteiger partial charge in [-0.1, -0.05) is 56.7 Å². The molecule has 0 saturated carbocycles. The lowest BCUT2D eigenvalue weighted by molar-refractivity contribution is 0.0878. The third-order valence-corrected chi connectivity index (χ3v) is 4.40. The molecule has 2 aromatic carbocycles. The second kappa shape index (κ2) is 8.71. The van der Waals surface area contributed by atoms with Crippen molar-refractivity contribution in [2.75, 3.05) is 7.11 Å². The molecular formula is C20H27NO3. The lowest BCUT2D eigenvalue weighted by atomic mass is 9.91. The van der Waals surface area contributed by atoms with Gasteiger partial charge in [0.2, 0.25) is 0 Å². The summed E-state index contributed by atoms with van der Waals surface area (Å²) in [4.78, 5) is 0. The first-order chi connectivity index (χ1) is 11.6. The van der Waals surface area contributed by atoms with Gasteiger partial charge in [0.15, 0.2) is 11.5 Å². The minimum Gasteiger partial charge on any atom is -0.493 e.